The van der Waals surface area contributed by atoms with Gasteiger partial charge in [0.05, 0.1) is 11.4 Å². The van der Waals surface area contributed by atoms with Crippen LogP contribution in [0.25, 0.3) is 5.69 Å². The molecule has 0 saturated carbocycles. The lowest BCUT2D eigenvalue weighted by Gasteiger charge is -2.08. The quantitative estimate of drug-likeness (QED) is 0.411. The van der Waals surface area contributed by atoms with Crippen molar-refractivity contribution in [2.75, 3.05) is 5.75 Å². The summed E-state index contributed by atoms with van der Waals surface area (Å²) in [6.45, 7) is 11.5. The summed E-state index contributed by atoms with van der Waals surface area (Å²) in [6, 6.07) is 10.2. The van der Waals surface area contributed by atoms with Crippen molar-refractivity contribution in [3.63, 3.8) is 0 Å². The van der Waals surface area contributed by atoms with Gasteiger partial charge in [0, 0.05) is 23.5 Å². The number of nitrogens with zero attached hydrogens (tertiary/aromatic N) is 5. The van der Waals surface area contributed by atoms with Gasteiger partial charge in [-0.3, -0.25) is 4.79 Å². The van der Waals surface area contributed by atoms with Gasteiger partial charge in [-0.2, -0.15) is 4.68 Å². The number of carbonyl (C=O) groups excluding carboxylic acids is 1. The molecule has 3 rings (SSSR count). The van der Waals surface area contributed by atoms with E-state index in [0.717, 1.165) is 35.6 Å². The number of Topliss-reactive ketones (excluding diaryl/α,β-unsaturated/α-hetero) is 1. The fourth-order valence-electron chi connectivity index (χ4n) is 3.29. The number of hydrogen-bond donors (Lipinski definition) is 0. The van der Waals surface area contributed by atoms with E-state index < -0.39 is 0 Å². The summed E-state index contributed by atoms with van der Waals surface area (Å²) in [5.41, 5.74) is 5.12. The largest absolute Gasteiger partial charge is 0.348 e. The van der Waals surface area contributed by atoms with Crippen LogP contribution in [0.15, 0.2) is 35.5 Å². The van der Waals surface area contributed by atoms with E-state index in [4.69, 9.17) is 0 Å². The van der Waals surface area contributed by atoms with Crippen LogP contribution in [-0.4, -0.2) is 36.3 Å². The Hall–Kier alpha value is -2.41. The minimum absolute atomic E-state index is 0.102. The lowest BCUT2D eigenvalue weighted by Crippen LogP contribution is -2.07. The molecule has 3 aromatic rings. The normalized spacial score (nSPS) is 11.4. The number of rotatable bonds is 8. The lowest BCUT2D eigenvalue weighted by atomic mass is 10.0. The van der Waals surface area contributed by atoms with Gasteiger partial charge in [0.15, 0.2) is 5.78 Å². The molecule has 0 amide bonds. The summed E-state index contributed by atoms with van der Waals surface area (Å²) in [5, 5.41) is 12.6. The molecule has 6 nitrogen and oxygen atoms in total. The van der Waals surface area contributed by atoms with Crippen LogP contribution in [0.5, 0.6) is 0 Å². The van der Waals surface area contributed by atoms with E-state index in [1.54, 1.807) is 4.68 Å². The molecule has 0 aliphatic carbocycles. The third kappa shape index (κ3) is 4.19. The van der Waals surface area contributed by atoms with Crippen molar-refractivity contribution in [3.8, 4) is 5.69 Å². The smallest absolute Gasteiger partial charge is 0.214 e. The van der Waals surface area contributed by atoms with E-state index in [1.807, 2.05) is 32.0 Å². The minimum atomic E-state index is 0.102. The number of hydrogen-bond acceptors (Lipinski definition) is 5. The van der Waals surface area contributed by atoms with Crippen LogP contribution in [-0.2, 0) is 6.54 Å². The first kappa shape index (κ1) is 20.3. The number of aryl methyl sites for hydroxylation is 1. The van der Waals surface area contributed by atoms with Gasteiger partial charge in [-0.1, -0.05) is 44.7 Å². The molecule has 28 heavy (non-hydrogen) atoms. The molecule has 0 unspecified atom stereocenters. The monoisotopic (exact) mass is 397 g/mol. The lowest BCUT2D eigenvalue weighted by molar-refractivity contribution is 0.102. The summed E-state index contributed by atoms with van der Waals surface area (Å²) in [6.07, 6.45) is 1.04. The number of carbonyl (C=O) groups is 1. The Bertz CT molecular complexity index is 956. The third-order valence-electron chi connectivity index (χ3n) is 4.90. The van der Waals surface area contributed by atoms with Gasteiger partial charge in [0.2, 0.25) is 5.16 Å². The molecule has 0 fully saturated rings. The van der Waals surface area contributed by atoms with Gasteiger partial charge in [-0.25, -0.2) is 0 Å². The summed E-state index contributed by atoms with van der Waals surface area (Å²) >= 11 is 1.37. The molecular formula is C21H27N5OS. The first-order valence-corrected chi connectivity index (χ1v) is 10.6. The molecule has 0 bridgehead atoms. The van der Waals surface area contributed by atoms with Crippen LogP contribution < -0.4 is 0 Å². The van der Waals surface area contributed by atoms with Gasteiger partial charge >= 0.3 is 0 Å². The van der Waals surface area contributed by atoms with E-state index in [-0.39, 0.29) is 5.78 Å². The zero-order chi connectivity index (χ0) is 20.3. The maximum absolute atomic E-state index is 12.8. The molecule has 0 saturated heterocycles. The third-order valence-corrected chi connectivity index (χ3v) is 5.82. The van der Waals surface area contributed by atoms with Gasteiger partial charge in [-0.05, 0) is 60.4 Å². The molecule has 0 radical (unpaired) electrons. The molecule has 0 aliphatic rings. The number of thioether (sulfide) groups is 1. The van der Waals surface area contributed by atoms with Crippen molar-refractivity contribution in [2.24, 2.45) is 0 Å². The maximum atomic E-state index is 12.8. The molecular weight excluding hydrogens is 370 g/mol. The van der Waals surface area contributed by atoms with Crippen LogP contribution in [0.3, 0.4) is 0 Å². The average Bonchev–Trinajstić information content (AvgIpc) is 3.26. The molecule has 7 heteroatoms. The highest BCUT2D eigenvalue weighted by Gasteiger charge is 2.17. The Morgan fingerprint density at radius 1 is 1.18 bits per heavy atom. The number of benzene rings is 1. The zero-order valence-electron chi connectivity index (χ0n) is 17.1. The second-order valence-corrected chi connectivity index (χ2v) is 8.21. The van der Waals surface area contributed by atoms with Gasteiger partial charge in [0.1, 0.15) is 0 Å². The molecule has 2 heterocycles. The van der Waals surface area contributed by atoms with E-state index in [9.17, 15) is 4.79 Å². The summed E-state index contributed by atoms with van der Waals surface area (Å²) in [7, 11) is 0. The summed E-state index contributed by atoms with van der Waals surface area (Å²) < 4.78 is 3.89. The SMILES string of the molecule is CCCn1c(C)cc(C(=O)CSc2nnnn2-c2ccc(C(C)C)cc2)c1C. The van der Waals surface area contributed by atoms with E-state index in [1.165, 1.54) is 17.3 Å². The first-order chi connectivity index (χ1) is 13.4. The second kappa shape index (κ2) is 8.73. The van der Waals surface area contributed by atoms with Crippen molar-refractivity contribution in [1.82, 2.24) is 24.8 Å². The Morgan fingerprint density at radius 3 is 2.54 bits per heavy atom. The van der Waals surface area contributed by atoms with Crippen molar-refractivity contribution >= 4 is 17.5 Å². The molecule has 2 aromatic heterocycles. The van der Waals surface area contributed by atoms with Crippen LogP contribution in [0, 0.1) is 13.8 Å². The minimum Gasteiger partial charge on any atom is -0.348 e. The highest BCUT2D eigenvalue weighted by atomic mass is 32.2. The van der Waals surface area contributed by atoms with Crippen molar-refractivity contribution in [3.05, 3.63) is 52.8 Å². The second-order valence-electron chi connectivity index (χ2n) is 7.27. The van der Waals surface area contributed by atoms with E-state index >= 15 is 0 Å². The van der Waals surface area contributed by atoms with E-state index in [0.29, 0.717) is 16.8 Å². The Balaban J connectivity index is 1.73. The molecule has 148 valence electrons. The predicted molar refractivity (Wildman–Crippen MR) is 112 cm³/mol. The molecule has 0 atom stereocenters. The molecule has 0 N–H and O–H groups in total. The highest BCUT2D eigenvalue weighted by Crippen LogP contribution is 2.23. The highest BCUT2D eigenvalue weighted by molar-refractivity contribution is 7.99. The summed E-state index contributed by atoms with van der Waals surface area (Å²) in [5.74, 6) is 0.882. The van der Waals surface area contributed by atoms with Gasteiger partial charge in [0.25, 0.3) is 0 Å². The fourth-order valence-corrected chi connectivity index (χ4v) is 4.06. The van der Waals surface area contributed by atoms with Crippen LogP contribution in [0.1, 0.15) is 60.4 Å². The van der Waals surface area contributed by atoms with Crippen molar-refractivity contribution in [1.29, 1.82) is 0 Å². The Morgan fingerprint density at radius 2 is 1.89 bits per heavy atom. The van der Waals surface area contributed by atoms with Crippen LogP contribution in [0.4, 0.5) is 0 Å². The predicted octanol–water partition coefficient (Wildman–Crippen LogP) is 4.59. The molecule has 0 aliphatic heterocycles. The van der Waals surface area contributed by atoms with Crippen molar-refractivity contribution in [2.45, 2.75) is 58.7 Å². The number of ketones is 1. The van der Waals surface area contributed by atoms with Gasteiger partial charge in [-0.15, -0.1) is 5.10 Å². The van der Waals surface area contributed by atoms with E-state index in [2.05, 4.69) is 53.0 Å². The zero-order valence-corrected chi connectivity index (χ0v) is 18.0. The van der Waals surface area contributed by atoms with Crippen molar-refractivity contribution < 1.29 is 4.79 Å². The fraction of sp³-hybridized carbons (Fsp3) is 0.429. The molecule has 0 spiro atoms. The first-order valence-electron chi connectivity index (χ1n) is 9.63. The summed E-state index contributed by atoms with van der Waals surface area (Å²) in [4.78, 5) is 12.8. The van der Waals surface area contributed by atoms with Gasteiger partial charge < -0.3 is 4.57 Å². The number of tetrazole rings is 1. The topological polar surface area (TPSA) is 65.6 Å². The standard InChI is InChI=1S/C21H27N5OS/c1-6-11-25-15(4)12-19(16(25)5)20(27)13-28-21-22-23-24-26(21)18-9-7-17(8-10-18)14(2)3/h7-10,12,14H,6,11,13H2,1-5H3. The molecule has 1 aromatic carbocycles. The number of aromatic nitrogens is 5. The van der Waals surface area contributed by atoms with Crippen LogP contribution in [0.2, 0.25) is 0 Å². The Labute approximate surface area is 170 Å². The average molecular weight is 398 g/mol. The van der Waals surface area contributed by atoms with Crippen LogP contribution >= 0.6 is 11.8 Å². The Kier molecular flexibility index (Phi) is 6.34. The maximum Gasteiger partial charge on any atom is 0.214 e.